The predicted octanol–water partition coefficient (Wildman–Crippen LogP) is -0.191. The van der Waals surface area contributed by atoms with Gasteiger partial charge in [-0.25, -0.2) is 0 Å². The van der Waals surface area contributed by atoms with Gasteiger partial charge in [-0.2, -0.15) is 0 Å². The van der Waals surface area contributed by atoms with Gasteiger partial charge in [0.05, 0.1) is 44.1 Å². The Labute approximate surface area is 426 Å². The second kappa shape index (κ2) is 20.3. The molecule has 0 aromatic carbocycles. The first kappa shape index (κ1) is 56.2. The van der Waals surface area contributed by atoms with E-state index in [4.69, 9.17) is 37.9 Å². The van der Waals surface area contributed by atoms with Crippen molar-refractivity contribution in [2.24, 2.45) is 50.2 Å². The van der Waals surface area contributed by atoms with E-state index < -0.39 is 147 Å². The average molecular weight is 1050 g/mol. The Hall–Kier alpha value is -1.55. The van der Waals surface area contributed by atoms with Gasteiger partial charge in [-0.3, -0.25) is 4.79 Å². The lowest BCUT2D eigenvalue weighted by Gasteiger charge is -2.71. The highest BCUT2D eigenvalue weighted by Gasteiger charge is 2.70. The zero-order valence-electron chi connectivity index (χ0n) is 43.2. The lowest BCUT2D eigenvalue weighted by molar-refractivity contribution is -0.383. The second-order valence-electron chi connectivity index (χ2n) is 25.2. The molecule has 4 aliphatic heterocycles. The van der Waals surface area contributed by atoms with Crippen molar-refractivity contribution in [2.45, 2.75) is 229 Å². The number of aliphatic hydroxyl groups excluding tert-OH is 11. The molecule has 0 spiro atoms. The molecule has 4 heterocycles. The SMILES string of the molecule is C[C@@H]1O[C@@H](O[C@H]2[C@H](O[C@H]3CC[C@@]4(C)[C@@H](CC[C@]5(C)[C@@H]4CC=C4[C@@H]6CC(C)(C)CC[C@]6(C(=O)O)CC[C@]45C)[C@]3(C)CO)OC[C@H](O)[C@@H]2O)[C@H](O)[C@H](O[C@@H]2OC[C@@H](O[C@@H]3O[C@H](CO)[C@@H](O)[C@H](O)[C@H]3O)[C@H](O)[C@H]2O)[C@H]1O. The Morgan fingerprint density at radius 1 is 0.644 bits per heavy atom. The third-order valence-electron chi connectivity index (χ3n) is 20.8. The molecule has 21 nitrogen and oxygen atoms in total. The smallest absolute Gasteiger partial charge is 0.310 e. The molecular formula is C52H84O21. The average Bonchev–Trinajstić information content (AvgIpc) is 3.34. The van der Waals surface area contributed by atoms with E-state index >= 15 is 0 Å². The van der Waals surface area contributed by atoms with Gasteiger partial charge in [-0.05, 0) is 111 Å². The van der Waals surface area contributed by atoms with Crippen molar-refractivity contribution in [3.63, 3.8) is 0 Å². The first-order valence-electron chi connectivity index (χ1n) is 26.7. The molecule has 0 aromatic heterocycles. The Morgan fingerprint density at radius 2 is 1.30 bits per heavy atom. The van der Waals surface area contributed by atoms with E-state index in [0.717, 1.165) is 44.9 Å². The highest BCUT2D eigenvalue weighted by molar-refractivity contribution is 5.76. The van der Waals surface area contributed by atoms with Gasteiger partial charge in [0.2, 0.25) is 0 Å². The van der Waals surface area contributed by atoms with Crippen LogP contribution in [0, 0.1) is 50.2 Å². The van der Waals surface area contributed by atoms with Crippen molar-refractivity contribution in [1.82, 2.24) is 0 Å². The summed E-state index contributed by atoms with van der Waals surface area (Å²) in [5.74, 6) is -0.465. The number of carboxylic acid groups (broad SMARTS) is 1. The van der Waals surface area contributed by atoms with Crippen LogP contribution in [0.25, 0.3) is 0 Å². The quantitative estimate of drug-likeness (QED) is 0.0942. The van der Waals surface area contributed by atoms with Crippen molar-refractivity contribution < 1.29 is 104 Å². The van der Waals surface area contributed by atoms with Crippen LogP contribution in [0.2, 0.25) is 0 Å². The molecule has 12 N–H and O–H groups in total. The van der Waals surface area contributed by atoms with Crippen molar-refractivity contribution in [2.75, 3.05) is 26.4 Å². The van der Waals surface area contributed by atoms with Crippen LogP contribution in [0.1, 0.15) is 113 Å². The molecular weight excluding hydrogens is 961 g/mol. The topological polar surface area (TPSA) is 334 Å². The van der Waals surface area contributed by atoms with Gasteiger partial charge in [0.15, 0.2) is 25.2 Å². The normalized spacial score (nSPS) is 55.0. The lowest BCUT2D eigenvalue weighted by Crippen LogP contribution is -2.67. The maximum atomic E-state index is 13.2. The predicted molar refractivity (Wildman–Crippen MR) is 251 cm³/mol. The van der Waals surface area contributed by atoms with Gasteiger partial charge in [0.25, 0.3) is 0 Å². The third kappa shape index (κ3) is 9.10. The standard InChI is InChI=1S/C52H84O21/c1-23-32(56)40(72-42-37(61)35(59)28(21-67-42)70-43-38(62)36(60)34(58)27(19-53)69-43)39(63)44(68-23)73-41-33(57)26(55)20-66-45(41)71-31-11-12-48(4)29(49(31,5)22-54)10-13-51(7)30(48)9-8-24-25-18-47(2,3)14-16-52(25,46(64)65)17-15-50(24,51)6/h8,23,25-45,53-63H,9-22H2,1-7H3,(H,64,65)/t23-,25-,26-,27+,28+,29+,30+,31-,32-,33-,34+,35-,36-,37+,38+,39+,40+,41+,42-,43-,44-,45-,48-,49-,50+,51+,52-/m0/s1. The van der Waals surface area contributed by atoms with E-state index in [2.05, 4.69) is 40.7 Å². The van der Waals surface area contributed by atoms with Crippen molar-refractivity contribution in [3.05, 3.63) is 11.6 Å². The minimum Gasteiger partial charge on any atom is -0.481 e. The third-order valence-corrected chi connectivity index (χ3v) is 20.8. The molecule has 21 heteroatoms. The number of fused-ring (bicyclic) bond motifs is 7. The summed E-state index contributed by atoms with van der Waals surface area (Å²) in [5, 5.41) is 130. The largest absolute Gasteiger partial charge is 0.481 e. The molecule has 4 saturated heterocycles. The van der Waals surface area contributed by atoms with Gasteiger partial charge < -0.3 is 99.2 Å². The van der Waals surface area contributed by atoms with E-state index in [1.807, 2.05) is 6.92 Å². The van der Waals surface area contributed by atoms with Crippen LogP contribution < -0.4 is 0 Å². The molecule has 8 fully saturated rings. The second-order valence-corrected chi connectivity index (χ2v) is 25.2. The Morgan fingerprint density at radius 3 is 1.99 bits per heavy atom. The summed E-state index contributed by atoms with van der Waals surface area (Å²) < 4.78 is 47.6. The molecule has 0 bridgehead atoms. The van der Waals surface area contributed by atoms with E-state index in [1.54, 1.807) is 0 Å². The fraction of sp³-hybridized carbons (Fsp3) is 0.942. The fourth-order valence-electron chi connectivity index (χ4n) is 16.0. The molecule has 418 valence electrons. The number of rotatable bonds is 11. The van der Waals surface area contributed by atoms with Crippen LogP contribution in [0.5, 0.6) is 0 Å². The van der Waals surface area contributed by atoms with E-state index in [-0.39, 0.29) is 52.6 Å². The minimum absolute atomic E-state index is 0.0108. The molecule has 0 aromatic rings. The van der Waals surface area contributed by atoms with Crippen molar-refractivity contribution in [3.8, 4) is 0 Å². The van der Waals surface area contributed by atoms with Crippen LogP contribution in [0.3, 0.4) is 0 Å². The Balaban J connectivity index is 0.887. The zero-order chi connectivity index (χ0) is 53.1. The monoisotopic (exact) mass is 1040 g/mol. The summed E-state index contributed by atoms with van der Waals surface area (Å²) in [7, 11) is 0. The Bertz CT molecular complexity index is 2010. The summed E-state index contributed by atoms with van der Waals surface area (Å²) in [6, 6.07) is 0. The number of ether oxygens (including phenoxy) is 8. The number of aliphatic carboxylic acids is 1. The number of allylic oxidation sites excluding steroid dienone is 2. The maximum absolute atomic E-state index is 13.2. The molecule has 0 amide bonds. The molecule has 73 heavy (non-hydrogen) atoms. The summed E-state index contributed by atoms with van der Waals surface area (Å²) in [6.45, 7) is 13.5. The molecule has 9 rings (SSSR count). The van der Waals surface area contributed by atoms with Crippen LogP contribution in [-0.4, -0.2) is 210 Å². The molecule has 4 saturated carbocycles. The molecule has 5 aliphatic carbocycles. The Kier molecular flexibility index (Phi) is 15.6. The zero-order valence-corrected chi connectivity index (χ0v) is 43.2. The number of carbonyl (C=O) groups is 1. The molecule has 0 unspecified atom stereocenters. The fourth-order valence-corrected chi connectivity index (χ4v) is 16.0. The summed E-state index contributed by atoms with van der Waals surface area (Å²) in [4.78, 5) is 13.2. The molecule has 0 radical (unpaired) electrons. The number of aliphatic hydroxyl groups is 11. The number of hydrogen-bond acceptors (Lipinski definition) is 20. The van der Waals surface area contributed by atoms with Crippen molar-refractivity contribution >= 4 is 5.97 Å². The van der Waals surface area contributed by atoms with Crippen LogP contribution in [0.4, 0.5) is 0 Å². The highest BCUT2D eigenvalue weighted by atomic mass is 16.8. The maximum Gasteiger partial charge on any atom is 0.310 e. The van der Waals surface area contributed by atoms with Crippen LogP contribution in [-0.2, 0) is 42.7 Å². The summed E-state index contributed by atoms with van der Waals surface area (Å²) in [6.07, 6.45) is -19.1. The number of carboxylic acids is 1. The van der Waals surface area contributed by atoms with Gasteiger partial charge in [0.1, 0.15) is 79.4 Å². The first-order valence-corrected chi connectivity index (χ1v) is 26.7. The molecule has 27 atom stereocenters. The van der Waals surface area contributed by atoms with E-state index in [0.29, 0.717) is 19.3 Å². The van der Waals surface area contributed by atoms with Crippen LogP contribution in [0.15, 0.2) is 11.6 Å². The van der Waals surface area contributed by atoms with Crippen LogP contribution >= 0.6 is 0 Å². The summed E-state index contributed by atoms with van der Waals surface area (Å²) >= 11 is 0. The lowest BCUT2D eigenvalue weighted by atomic mass is 9.33. The van der Waals surface area contributed by atoms with E-state index in [9.17, 15) is 66.1 Å². The van der Waals surface area contributed by atoms with Gasteiger partial charge in [-0.15, -0.1) is 0 Å². The minimum atomic E-state index is -1.89. The number of hydrogen-bond donors (Lipinski definition) is 12. The highest BCUT2D eigenvalue weighted by Crippen LogP contribution is 2.76. The van der Waals surface area contributed by atoms with E-state index in [1.165, 1.54) is 12.5 Å². The van der Waals surface area contributed by atoms with Gasteiger partial charge in [-0.1, -0.05) is 53.2 Å². The molecule has 9 aliphatic rings. The van der Waals surface area contributed by atoms with Gasteiger partial charge >= 0.3 is 5.97 Å². The van der Waals surface area contributed by atoms with Gasteiger partial charge in [0, 0.05) is 5.41 Å². The first-order chi connectivity index (χ1) is 34.2. The summed E-state index contributed by atoms with van der Waals surface area (Å²) in [5.41, 5.74) is -0.749. The van der Waals surface area contributed by atoms with Crippen molar-refractivity contribution in [1.29, 1.82) is 0 Å².